The summed E-state index contributed by atoms with van der Waals surface area (Å²) in [5.41, 5.74) is 1.40. The third kappa shape index (κ3) is 2.31. The van der Waals surface area contributed by atoms with E-state index in [-0.39, 0.29) is 18.5 Å². The Bertz CT molecular complexity index is 851. The molecule has 0 bridgehead atoms. The minimum atomic E-state index is -0.481. The number of fused-ring (bicyclic) bond motifs is 1. The summed E-state index contributed by atoms with van der Waals surface area (Å²) in [6.45, 7) is 0.662. The van der Waals surface area contributed by atoms with Gasteiger partial charge in [0.2, 0.25) is 0 Å². The minimum Gasteiger partial charge on any atom is -0.394 e. The molecule has 2 N–H and O–H groups in total. The second kappa shape index (κ2) is 5.54. The van der Waals surface area contributed by atoms with Gasteiger partial charge >= 0.3 is 0 Å². The number of hydrogen-bond acceptors (Lipinski definition) is 6. The van der Waals surface area contributed by atoms with Crippen LogP contribution in [0.3, 0.4) is 0 Å². The summed E-state index contributed by atoms with van der Waals surface area (Å²) in [6, 6.07) is -0.0986. The van der Waals surface area contributed by atoms with Crippen LogP contribution in [0.5, 0.6) is 0 Å². The van der Waals surface area contributed by atoms with E-state index in [1.165, 1.54) is 12.5 Å². The smallest absolute Gasteiger partial charge is 0.183 e. The van der Waals surface area contributed by atoms with Crippen molar-refractivity contribution in [2.45, 2.75) is 18.9 Å². The van der Waals surface area contributed by atoms with Crippen LogP contribution in [-0.2, 0) is 0 Å². The SMILES string of the molecule is OCC1CCCN1c1nc(-c2c[nH]c3ncncc23)ncc1F. The zero-order valence-corrected chi connectivity index (χ0v) is 12.3. The van der Waals surface area contributed by atoms with E-state index in [1.807, 2.05) is 4.90 Å². The number of rotatable bonds is 3. The number of nitrogens with zero attached hydrogens (tertiary/aromatic N) is 5. The molecule has 0 aliphatic carbocycles. The molecule has 0 radical (unpaired) electrons. The zero-order chi connectivity index (χ0) is 15.8. The van der Waals surface area contributed by atoms with E-state index in [2.05, 4.69) is 24.9 Å². The quantitative estimate of drug-likeness (QED) is 0.761. The van der Waals surface area contributed by atoms with Crippen molar-refractivity contribution < 1.29 is 9.50 Å². The van der Waals surface area contributed by atoms with Gasteiger partial charge in [0, 0.05) is 29.9 Å². The molecule has 3 aromatic rings. The normalized spacial score (nSPS) is 18.0. The predicted molar refractivity (Wildman–Crippen MR) is 82.3 cm³/mol. The van der Waals surface area contributed by atoms with Crippen molar-refractivity contribution in [3.8, 4) is 11.4 Å². The molecule has 0 spiro atoms. The Morgan fingerprint density at radius 1 is 1.35 bits per heavy atom. The van der Waals surface area contributed by atoms with Crippen LogP contribution in [0.15, 0.2) is 24.9 Å². The maximum Gasteiger partial charge on any atom is 0.183 e. The van der Waals surface area contributed by atoms with E-state index in [4.69, 9.17) is 0 Å². The molecule has 1 atom stereocenters. The number of aliphatic hydroxyl groups is 1. The number of nitrogens with one attached hydrogen (secondary N) is 1. The third-order valence-corrected chi connectivity index (χ3v) is 4.18. The Kier molecular flexibility index (Phi) is 3.38. The lowest BCUT2D eigenvalue weighted by Crippen LogP contribution is -2.33. The van der Waals surface area contributed by atoms with Crippen LogP contribution in [0.1, 0.15) is 12.8 Å². The maximum atomic E-state index is 14.2. The number of hydrogen-bond donors (Lipinski definition) is 2. The third-order valence-electron chi connectivity index (χ3n) is 4.18. The van der Waals surface area contributed by atoms with E-state index in [1.54, 1.807) is 12.4 Å². The van der Waals surface area contributed by atoms with Crippen molar-refractivity contribution in [3.05, 3.63) is 30.7 Å². The predicted octanol–water partition coefficient (Wildman–Crippen LogP) is 1.52. The molecule has 0 amide bonds. The number of aromatic nitrogens is 5. The fourth-order valence-electron chi connectivity index (χ4n) is 3.04. The largest absolute Gasteiger partial charge is 0.394 e. The number of H-pyrrole nitrogens is 1. The van der Waals surface area contributed by atoms with Gasteiger partial charge in [-0.2, -0.15) is 0 Å². The molecule has 1 unspecified atom stereocenters. The highest BCUT2D eigenvalue weighted by molar-refractivity contribution is 5.90. The van der Waals surface area contributed by atoms with Crippen LogP contribution < -0.4 is 4.90 Å². The Hall–Kier alpha value is -2.61. The van der Waals surface area contributed by atoms with Crippen LogP contribution in [0.2, 0.25) is 0 Å². The summed E-state index contributed by atoms with van der Waals surface area (Å²) in [5, 5.41) is 10.2. The molecule has 4 heterocycles. The first kappa shape index (κ1) is 14.0. The van der Waals surface area contributed by atoms with Crippen LogP contribution in [0.25, 0.3) is 22.4 Å². The molecular weight excluding hydrogens is 299 g/mol. The van der Waals surface area contributed by atoms with Crippen LogP contribution in [0.4, 0.5) is 10.2 Å². The van der Waals surface area contributed by atoms with Crippen molar-refractivity contribution in [2.75, 3.05) is 18.1 Å². The molecule has 118 valence electrons. The number of anilines is 1. The Balaban J connectivity index is 1.80. The molecule has 3 aromatic heterocycles. The topological polar surface area (TPSA) is 90.8 Å². The summed E-state index contributed by atoms with van der Waals surface area (Å²) in [5.74, 6) is 0.161. The molecule has 4 rings (SSSR count). The van der Waals surface area contributed by atoms with Gasteiger partial charge in [-0.25, -0.2) is 24.3 Å². The van der Waals surface area contributed by atoms with Crippen molar-refractivity contribution in [3.63, 3.8) is 0 Å². The molecule has 1 aliphatic rings. The molecule has 23 heavy (non-hydrogen) atoms. The molecule has 0 aromatic carbocycles. The summed E-state index contributed by atoms with van der Waals surface area (Å²) >= 11 is 0. The fraction of sp³-hybridized carbons (Fsp3) is 0.333. The first-order valence-electron chi connectivity index (χ1n) is 7.45. The molecule has 1 aliphatic heterocycles. The number of aliphatic hydroxyl groups excluding tert-OH is 1. The van der Waals surface area contributed by atoms with Gasteiger partial charge in [-0.1, -0.05) is 0 Å². The lowest BCUT2D eigenvalue weighted by Gasteiger charge is -2.24. The summed E-state index contributed by atoms with van der Waals surface area (Å²) in [7, 11) is 0. The summed E-state index contributed by atoms with van der Waals surface area (Å²) < 4.78 is 14.2. The average molecular weight is 314 g/mol. The highest BCUT2D eigenvalue weighted by Crippen LogP contribution is 2.29. The monoisotopic (exact) mass is 314 g/mol. The van der Waals surface area contributed by atoms with Crippen LogP contribution >= 0.6 is 0 Å². The van der Waals surface area contributed by atoms with Crippen LogP contribution in [-0.4, -0.2) is 49.2 Å². The van der Waals surface area contributed by atoms with Gasteiger partial charge in [-0.15, -0.1) is 0 Å². The second-order valence-corrected chi connectivity index (χ2v) is 5.52. The van der Waals surface area contributed by atoms with Gasteiger partial charge in [-0.3, -0.25) is 0 Å². The van der Waals surface area contributed by atoms with E-state index < -0.39 is 5.82 Å². The van der Waals surface area contributed by atoms with Gasteiger partial charge < -0.3 is 15.0 Å². The van der Waals surface area contributed by atoms with E-state index in [9.17, 15) is 9.50 Å². The number of aromatic amines is 1. The van der Waals surface area contributed by atoms with Gasteiger partial charge in [0.1, 0.15) is 12.0 Å². The molecule has 8 heteroatoms. The van der Waals surface area contributed by atoms with Gasteiger partial charge in [-0.05, 0) is 12.8 Å². The van der Waals surface area contributed by atoms with Crippen LogP contribution in [0, 0.1) is 5.82 Å². The second-order valence-electron chi connectivity index (χ2n) is 5.52. The molecular formula is C15H15FN6O. The number of halogens is 1. The van der Waals surface area contributed by atoms with Gasteiger partial charge in [0.15, 0.2) is 17.5 Å². The molecule has 0 saturated carbocycles. The Labute approximate surface area is 131 Å². The lowest BCUT2D eigenvalue weighted by molar-refractivity contribution is 0.265. The molecule has 7 nitrogen and oxygen atoms in total. The van der Waals surface area contributed by atoms with Crippen molar-refractivity contribution in [2.24, 2.45) is 0 Å². The summed E-state index contributed by atoms with van der Waals surface area (Å²) in [6.07, 6.45) is 7.78. The molecule has 1 saturated heterocycles. The average Bonchev–Trinajstić information content (AvgIpc) is 3.22. The minimum absolute atomic E-state index is 0.0142. The van der Waals surface area contributed by atoms with Crippen molar-refractivity contribution >= 4 is 16.9 Å². The highest BCUT2D eigenvalue weighted by atomic mass is 19.1. The lowest BCUT2D eigenvalue weighted by atomic mass is 10.2. The fourth-order valence-corrected chi connectivity index (χ4v) is 3.04. The zero-order valence-electron chi connectivity index (χ0n) is 12.3. The van der Waals surface area contributed by atoms with E-state index >= 15 is 0 Å². The summed E-state index contributed by atoms with van der Waals surface area (Å²) in [4.78, 5) is 21.5. The van der Waals surface area contributed by atoms with Crippen molar-refractivity contribution in [1.82, 2.24) is 24.9 Å². The standard InChI is InChI=1S/C15H15FN6O/c16-12-6-19-14(11-5-18-13-10(11)4-17-8-20-13)21-15(12)22-3-1-2-9(22)7-23/h4-6,8-9,23H,1-3,7H2,(H,17,18,20). The first-order chi connectivity index (χ1) is 11.3. The Morgan fingerprint density at radius 2 is 2.26 bits per heavy atom. The molecule has 1 fully saturated rings. The van der Waals surface area contributed by atoms with Gasteiger partial charge in [0.25, 0.3) is 0 Å². The first-order valence-corrected chi connectivity index (χ1v) is 7.45. The van der Waals surface area contributed by atoms with Gasteiger partial charge in [0.05, 0.1) is 18.8 Å². The Morgan fingerprint density at radius 3 is 3.13 bits per heavy atom. The van der Waals surface area contributed by atoms with Crippen molar-refractivity contribution in [1.29, 1.82) is 0 Å². The van der Waals surface area contributed by atoms with E-state index in [0.29, 0.717) is 18.0 Å². The highest BCUT2D eigenvalue weighted by Gasteiger charge is 2.28. The van der Waals surface area contributed by atoms with E-state index in [0.717, 1.165) is 23.8 Å². The maximum absolute atomic E-state index is 14.2.